The topological polar surface area (TPSA) is 0 Å². The van der Waals surface area contributed by atoms with E-state index in [2.05, 4.69) is 57.8 Å². The van der Waals surface area contributed by atoms with Crippen LogP contribution >= 0.6 is 43.2 Å². The lowest BCUT2D eigenvalue weighted by Gasteiger charge is -2.35. The zero-order chi connectivity index (χ0) is 12.5. The van der Waals surface area contributed by atoms with E-state index in [0.29, 0.717) is 10.2 Å². The van der Waals surface area contributed by atoms with Gasteiger partial charge in [0, 0.05) is 4.88 Å². The van der Waals surface area contributed by atoms with Gasteiger partial charge in [-0.2, -0.15) is 0 Å². The summed E-state index contributed by atoms with van der Waals surface area (Å²) in [7, 11) is 0. The van der Waals surface area contributed by atoms with Crippen molar-refractivity contribution in [3.8, 4) is 0 Å². The summed E-state index contributed by atoms with van der Waals surface area (Å²) in [5.74, 6) is 0.788. The number of halogens is 2. The van der Waals surface area contributed by atoms with Crippen molar-refractivity contribution in [3.05, 3.63) is 20.8 Å². The largest absolute Gasteiger partial charge is 0.132 e. The monoisotopic (exact) mass is 378 g/mol. The van der Waals surface area contributed by atoms with E-state index in [9.17, 15) is 0 Å². The van der Waals surface area contributed by atoms with Crippen molar-refractivity contribution in [2.75, 3.05) is 0 Å². The second-order valence-corrected chi connectivity index (χ2v) is 9.08. The summed E-state index contributed by atoms with van der Waals surface area (Å²) in [6, 6.07) is 4.45. The van der Waals surface area contributed by atoms with Gasteiger partial charge in [-0.15, -0.1) is 11.3 Å². The van der Waals surface area contributed by atoms with Crippen molar-refractivity contribution in [2.45, 2.75) is 50.8 Å². The van der Waals surface area contributed by atoms with Gasteiger partial charge in [0.2, 0.25) is 0 Å². The highest BCUT2D eigenvalue weighted by Gasteiger charge is 2.41. The fourth-order valence-electron chi connectivity index (χ4n) is 3.22. The van der Waals surface area contributed by atoms with Gasteiger partial charge in [0.15, 0.2) is 0 Å². The van der Waals surface area contributed by atoms with Crippen molar-refractivity contribution < 1.29 is 0 Å². The van der Waals surface area contributed by atoms with Gasteiger partial charge in [-0.1, -0.05) is 42.6 Å². The number of alkyl halides is 1. The van der Waals surface area contributed by atoms with Crippen LogP contribution in [0, 0.1) is 11.3 Å². The molecule has 1 fully saturated rings. The van der Waals surface area contributed by atoms with Crippen molar-refractivity contribution in [2.24, 2.45) is 11.3 Å². The van der Waals surface area contributed by atoms with Gasteiger partial charge in [-0.25, -0.2) is 0 Å². The average molecular weight is 380 g/mol. The summed E-state index contributed by atoms with van der Waals surface area (Å²) in [6.45, 7) is 4.70. The quantitative estimate of drug-likeness (QED) is 0.520. The third kappa shape index (κ3) is 3.16. The van der Waals surface area contributed by atoms with E-state index in [0.717, 1.165) is 5.92 Å². The highest BCUT2D eigenvalue weighted by atomic mass is 79.9. The molecule has 0 nitrogen and oxygen atoms in total. The van der Waals surface area contributed by atoms with Gasteiger partial charge >= 0.3 is 0 Å². The summed E-state index contributed by atoms with van der Waals surface area (Å²) >= 11 is 9.45. The third-order valence-corrected chi connectivity index (χ3v) is 7.25. The van der Waals surface area contributed by atoms with Crippen LogP contribution in [0.5, 0.6) is 0 Å². The van der Waals surface area contributed by atoms with E-state index in [4.69, 9.17) is 0 Å². The molecular weight excluding hydrogens is 360 g/mol. The Hall–Kier alpha value is 0.660. The van der Waals surface area contributed by atoms with E-state index in [1.54, 1.807) is 0 Å². The number of rotatable bonds is 4. The van der Waals surface area contributed by atoms with Gasteiger partial charge in [0.05, 0.1) is 8.61 Å². The highest BCUT2D eigenvalue weighted by molar-refractivity contribution is 9.11. The first-order valence-electron chi connectivity index (χ1n) is 6.43. The molecule has 0 bridgehead atoms. The van der Waals surface area contributed by atoms with E-state index >= 15 is 0 Å². The molecule has 0 amide bonds. The summed E-state index contributed by atoms with van der Waals surface area (Å²) in [5.41, 5.74) is 0.498. The van der Waals surface area contributed by atoms with Crippen molar-refractivity contribution in [3.63, 3.8) is 0 Å². The van der Waals surface area contributed by atoms with Gasteiger partial charge in [0.1, 0.15) is 0 Å². The lowest BCUT2D eigenvalue weighted by Crippen LogP contribution is -2.23. The first kappa shape index (κ1) is 14.1. The molecule has 0 spiro atoms. The van der Waals surface area contributed by atoms with Gasteiger partial charge in [0.25, 0.3) is 0 Å². The minimum Gasteiger partial charge on any atom is -0.132 e. The summed E-state index contributed by atoms with van der Waals surface area (Å²) in [6.07, 6.45) is 6.92. The predicted octanol–water partition coefficient (Wildman–Crippen LogP) is 6.55. The molecule has 1 unspecified atom stereocenters. The van der Waals surface area contributed by atoms with Gasteiger partial charge in [-0.05, 0) is 58.7 Å². The first-order valence-corrected chi connectivity index (χ1v) is 8.95. The third-order valence-electron chi connectivity index (χ3n) is 3.80. The number of thiophene rings is 1. The molecule has 1 atom stereocenters. The molecule has 1 aromatic rings. The molecule has 1 aliphatic carbocycles. The molecule has 1 aromatic heterocycles. The molecule has 17 heavy (non-hydrogen) atoms. The Morgan fingerprint density at radius 1 is 1.29 bits per heavy atom. The molecule has 0 N–H and O–H groups in total. The number of hydrogen-bond donors (Lipinski definition) is 0. The van der Waals surface area contributed by atoms with Crippen molar-refractivity contribution in [1.29, 1.82) is 0 Å². The maximum Gasteiger partial charge on any atom is 0.0701 e. The van der Waals surface area contributed by atoms with Crippen LogP contribution in [0.2, 0.25) is 0 Å². The molecule has 0 aliphatic heterocycles. The zero-order valence-corrected chi connectivity index (χ0v) is 14.5. The lowest BCUT2D eigenvalue weighted by molar-refractivity contribution is 0.232. The molecule has 2 rings (SSSR count). The highest BCUT2D eigenvalue weighted by Crippen LogP contribution is 2.56. The molecule has 1 saturated carbocycles. The van der Waals surface area contributed by atoms with Crippen LogP contribution in [0.1, 0.15) is 55.7 Å². The smallest absolute Gasteiger partial charge is 0.0701 e. The Kier molecular flexibility index (Phi) is 4.76. The van der Waals surface area contributed by atoms with Gasteiger partial charge in [-0.3, -0.25) is 0 Å². The van der Waals surface area contributed by atoms with Crippen LogP contribution in [-0.4, -0.2) is 0 Å². The molecule has 3 heteroatoms. The van der Waals surface area contributed by atoms with E-state index < -0.39 is 0 Å². The molecule has 96 valence electrons. The maximum absolute atomic E-state index is 4.00. The molecular formula is C14H20Br2S. The average Bonchev–Trinajstić information content (AvgIpc) is 2.86. The lowest BCUT2D eigenvalue weighted by atomic mass is 9.75. The van der Waals surface area contributed by atoms with E-state index in [1.165, 1.54) is 40.8 Å². The summed E-state index contributed by atoms with van der Waals surface area (Å²) in [5, 5.41) is 0. The standard InChI is InChI=1S/C14H20Br2S/c1-10(2)9-14(7-3-4-8-14)13(16)11-5-6-12(15)17-11/h5-6,10,13H,3-4,7-9H2,1-2H3. The van der Waals surface area contributed by atoms with Crippen molar-refractivity contribution in [1.82, 2.24) is 0 Å². The molecule has 0 saturated heterocycles. The van der Waals surface area contributed by atoms with Crippen LogP contribution in [0.3, 0.4) is 0 Å². The summed E-state index contributed by atoms with van der Waals surface area (Å²) in [4.78, 5) is 2.02. The van der Waals surface area contributed by atoms with E-state index in [-0.39, 0.29) is 0 Å². The van der Waals surface area contributed by atoms with Crippen LogP contribution in [0.4, 0.5) is 0 Å². The Bertz CT molecular complexity index is 364. The number of hydrogen-bond acceptors (Lipinski definition) is 1. The molecule has 1 aliphatic rings. The van der Waals surface area contributed by atoms with Crippen molar-refractivity contribution >= 4 is 43.2 Å². The van der Waals surface area contributed by atoms with Gasteiger partial charge < -0.3 is 0 Å². The van der Waals surface area contributed by atoms with Crippen LogP contribution < -0.4 is 0 Å². The fraction of sp³-hybridized carbons (Fsp3) is 0.714. The Balaban J connectivity index is 2.21. The Labute approximate surface area is 125 Å². The fourth-order valence-corrected chi connectivity index (χ4v) is 5.84. The molecule has 1 heterocycles. The van der Waals surface area contributed by atoms with Crippen LogP contribution in [0.25, 0.3) is 0 Å². The van der Waals surface area contributed by atoms with E-state index in [1.807, 2.05) is 11.3 Å². The normalized spacial score (nSPS) is 21.0. The van der Waals surface area contributed by atoms with Crippen LogP contribution in [0.15, 0.2) is 15.9 Å². The second-order valence-electron chi connectivity index (χ2n) is 5.67. The predicted molar refractivity (Wildman–Crippen MR) is 84.0 cm³/mol. The molecule has 0 aromatic carbocycles. The Morgan fingerprint density at radius 3 is 2.41 bits per heavy atom. The minimum atomic E-state index is 0.498. The first-order chi connectivity index (χ1) is 8.03. The minimum absolute atomic E-state index is 0.498. The second kappa shape index (κ2) is 5.75. The maximum atomic E-state index is 4.00. The molecule has 0 radical (unpaired) electrons. The SMILES string of the molecule is CC(C)CC1(C(Br)c2ccc(Br)s2)CCCC1. The Morgan fingerprint density at radius 2 is 1.94 bits per heavy atom. The summed E-state index contributed by atoms with van der Waals surface area (Å²) < 4.78 is 1.25. The van der Waals surface area contributed by atoms with Crippen LogP contribution in [-0.2, 0) is 0 Å². The zero-order valence-electron chi connectivity index (χ0n) is 10.5.